The highest BCUT2D eigenvalue weighted by Crippen LogP contribution is 2.32. The molecule has 8 heteroatoms. The summed E-state index contributed by atoms with van der Waals surface area (Å²) in [5.74, 6) is -0.314. The number of benzene rings is 1. The Bertz CT molecular complexity index is 765. The minimum Gasteiger partial charge on any atom is -0.480 e. The molecule has 1 aliphatic rings. The maximum atomic E-state index is 12.9. The fourth-order valence-corrected chi connectivity index (χ4v) is 4.20. The molecule has 0 radical (unpaired) electrons. The first-order chi connectivity index (χ1) is 14.5. The molecule has 0 aromatic heterocycles. The number of rotatable bonds is 9. The topological polar surface area (TPSA) is 110 Å². The molecule has 172 valence electrons. The summed E-state index contributed by atoms with van der Waals surface area (Å²) >= 11 is 0. The smallest absolute Gasteiger partial charge is 0.411 e. The number of non-ortho nitro benzene ring substituents is 1. The molecular formula is C23H34N2O6. The molecule has 2 rings (SSSR count). The summed E-state index contributed by atoms with van der Waals surface area (Å²) in [6.45, 7) is 7.22. The number of carbonyl (C=O) groups excluding carboxylic acids is 1. The standard InChI is InChI=1S/C23H34N2O6/c1-16(13-17-7-5-6-8-17)14-20(21(26)27)24(22(28)31-23(2,3)4)15-18-9-11-19(12-10-18)25(29)30/h9-12,16-17,20H,5-8,13-15H2,1-4H3,(H,26,27). The Morgan fingerprint density at radius 2 is 1.81 bits per heavy atom. The quantitative estimate of drug-likeness (QED) is 0.412. The van der Waals surface area contributed by atoms with E-state index in [-0.39, 0.29) is 18.2 Å². The highest BCUT2D eigenvalue weighted by atomic mass is 16.6. The van der Waals surface area contributed by atoms with E-state index in [0.717, 1.165) is 6.42 Å². The number of carboxylic acids is 1. The third-order valence-corrected chi connectivity index (χ3v) is 5.63. The minimum atomic E-state index is -1.08. The lowest BCUT2D eigenvalue weighted by Gasteiger charge is -2.33. The van der Waals surface area contributed by atoms with Crippen molar-refractivity contribution in [2.45, 2.75) is 84.4 Å². The third-order valence-electron chi connectivity index (χ3n) is 5.63. The van der Waals surface area contributed by atoms with Crippen LogP contribution in [0.25, 0.3) is 0 Å². The van der Waals surface area contributed by atoms with Crippen LogP contribution >= 0.6 is 0 Å². The van der Waals surface area contributed by atoms with Gasteiger partial charge in [0.15, 0.2) is 0 Å². The zero-order valence-corrected chi connectivity index (χ0v) is 18.9. The van der Waals surface area contributed by atoms with Crippen molar-refractivity contribution in [3.63, 3.8) is 0 Å². The van der Waals surface area contributed by atoms with Crippen molar-refractivity contribution < 1.29 is 24.4 Å². The van der Waals surface area contributed by atoms with Crippen LogP contribution in [0.3, 0.4) is 0 Å². The van der Waals surface area contributed by atoms with E-state index in [1.54, 1.807) is 20.8 Å². The lowest BCUT2D eigenvalue weighted by Crippen LogP contribution is -2.47. The molecule has 8 nitrogen and oxygen atoms in total. The second-order valence-corrected chi connectivity index (χ2v) is 9.61. The molecule has 1 fully saturated rings. The van der Waals surface area contributed by atoms with E-state index in [9.17, 15) is 24.8 Å². The van der Waals surface area contributed by atoms with Gasteiger partial charge in [0.2, 0.25) is 0 Å². The lowest BCUT2D eigenvalue weighted by molar-refractivity contribution is -0.384. The lowest BCUT2D eigenvalue weighted by atomic mass is 9.89. The van der Waals surface area contributed by atoms with Crippen LogP contribution in [0.15, 0.2) is 24.3 Å². The Kier molecular flexibility index (Phi) is 8.42. The largest absolute Gasteiger partial charge is 0.480 e. The number of amides is 1. The van der Waals surface area contributed by atoms with Crippen molar-refractivity contribution in [1.82, 2.24) is 4.90 Å². The predicted molar refractivity (Wildman–Crippen MR) is 117 cm³/mol. The summed E-state index contributed by atoms with van der Waals surface area (Å²) in [6.07, 6.45) is 5.39. The number of hydrogen-bond acceptors (Lipinski definition) is 5. The van der Waals surface area contributed by atoms with Crippen LogP contribution in [-0.2, 0) is 16.1 Å². The molecule has 1 aromatic rings. The summed E-state index contributed by atoms with van der Waals surface area (Å²) in [5.41, 5.74) is -0.234. The monoisotopic (exact) mass is 434 g/mol. The van der Waals surface area contributed by atoms with Gasteiger partial charge in [-0.1, -0.05) is 44.7 Å². The second kappa shape index (κ2) is 10.6. The normalized spacial score (nSPS) is 16.5. The Morgan fingerprint density at radius 3 is 2.29 bits per heavy atom. The van der Waals surface area contributed by atoms with Crippen LogP contribution in [0.2, 0.25) is 0 Å². The number of ether oxygens (including phenoxy) is 1. The van der Waals surface area contributed by atoms with Crippen molar-refractivity contribution in [3.05, 3.63) is 39.9 Å². The number of nitrogens with zero attached hydrogens (tertiary/aromatic N) is 2. The van der Waals surface area contributed by atoms with Gasteiger partial charge in [0.05, 0.1) is 4.92 Å². The number of nitro benzene ring substituents is 1. The SMILES string of the molecule is CC(CC1CCCC1)CC(C(=O)O)N(Cc1ccc([N+](=O)[O-])cc1)C(=O)OC(C)(C)C. The van der Waals surface area contributed by atoms with Crippen LogP contribution in [-0.4, -0.2) is 38.6 Å². The van der Waals surface area contributed by atoms with Gasteiger partial charge in [0, 0.05) is 18.7 Å². The van der Waals surface area contributed by atoms with Gasteiger partial charge in [-0.3, -0.25) is 15.0 Å². The molecule has 0 aliphatic heterocycles. The number of aliphatic carboxylic acids is 1. The van der Waals surface area contributed by atoms with Gasteiger partial charge in [0.25, 0.3) is 5.69 Å². The van der Waals surface area contributed by atoms with E-state index in [1.807, 2.05) is 6.92 Å². The zero-order chi connectivity index (χ0) is 23.2. The molecule has 0 heterocycles. The van der Waals surface area contributed by atoms with E-state index in [0.29, 0.717) is 17.9 Å². The molecule has 1 amide bonds. The molecule has 1 saturated carbocycles. The van der Waals surface area contributed by atoms with E-state index < -0.39 is 28.6 Å². The van der Waals surface area contributed by atoms with E-state index in [1.165, 1.54) is 54.8 Å². The Labute approximate surface area is 183 Å². The van der Waals surface area contributed by atoms with Crippen molar-refractivity contribution >= 4 is 17.7 Å². The first-order valence-corrected chi connectivity index (χ1v) is 10.9. The fourth-order valence-electron chi connectivity index (χ4n) is 4.20. The van der Waals surface area contributed by atoms with Crippen LogP contribution in [0.1, 0.15) is 71.8 Å². The van der Waals surface area contributed by atoms with Crippen LogP contribution < -0.4 is 0 Å². The molecule has 2 unspecified atom stereocenters. The van der Waals surface area contributed by atoms with E-state index in [4.69, 9.17) is 4.74 Å². The molecule has 1 N–H and O–H groups in total. The van der Waals surface area contributed by atoms with Crippen molar-refractivity contribution in [2.75, 3.05) is 0 Å². The Balaban J connectivity index is 2.22. The van der Waals surface area contributed by atoms with Crippen LogP contribution in [0.4, 0.5) is 10.5 Å². The van der Waals surface area contributed by atoms with E-state index >= 15 is 0 Å². The van der Waals surface area contributed by atoms with Crippen LogP contribution in [0, 0.1) is 22.0 Å². The molecule has 2 atom stereocenters. The van der Waals surface area contributed by atoms with Crippen molar-refractivity contribution in [3.8, 4) is 0 Å². The third kappa shape index (κ3) is 7.84. The number of carbonyl (C=O) groups is 2. The molecular weight excluding hydrogens is 400 g/mol. The van der Waals surface area contributed by atoms with Gasteiger partial charge in [-0.15, -0.1) is 0 Å². The maximum absolute atomic E-state index is 12.9. The average Bonchev–Trinajstić information content (AvgIpc) is 3.16. The zero-order valence-electron chi connectivity index (χ0n) is 18.9. The number of nitro groups is 1. The summed E-state index contributed by atoms with van der Waals surface area (Å²) in [5, 5.41) is 20.9. The molecule has 1 aliphatic carbocycles. The van der Waals surface area contributed by atoms with Gasteiger partial charge < -0.3 is 9.84 Å². The molecule has 0 saturated heterocycles. The number of carboxylic acid groups (broad SMARTS) is 1. The van der Waals surface area contributed by atoms with Gasteiger partial charge in [-0.2, -0.15) is 0 Å². The first-order valence-electron chi connectivity index (χ1n) is 10.9. The minimum absolute atomic E-state index is 0.0000227. The first kappa shape index (κ1) is 24.6. The van der Waals surface area contributed by atoms with Crippen LogP contribution in [0.5, 0.6) is 0 Å². The highest BCUT2D eigenvalue weighted by Gasteiger charge is 2.34. The summed E-state index contributed by atoms with van der Waals surface area (Å²) < 4.78 is 5.50. The van der Waals surface area contributed by atoms with Gasteiger partial charge >= 0.3 is 12.1 Å². The summed E-state index contributed by atoms with van der Waals surface area (Å²) in [6, 6.07) is 4.73. The van der Waals surface area contributed by atoms with Crippen molar-refractivity contribution in [1.29, 1.82) is 0 Å². The van der Waals surface area contributed by atoms with E-state index in [2.05, 4.69) is 0 Å². The summed E-state index contributed by atoms with van der Waals surface area (Å²) in [7, 11) is 0. The van der Waals surface area contributed by atoms with Crippen molar-refractivity contribution in [2.24, 2.45) is 11.8 Å². The predicted octanol–water partition coefficient (Wildman–Crippen LogP) is 5.39. The highest BCUT2D eigenvalue weighted by molar-refractivity contribution is 5.80. The van der Waals surface area contributed by atoms with Gasteiger partial charge in [0.1, 0.15) is 11.6 Å². The Morgan fingerprint density at radius 1 is 1.23 bits per heavy atom. The molecule has 1 aromatic carbocycles. The van der Waals surface area contributed by atoms with Gasteiger partial charge in [-0.25, -0.2) is 9.59 Å². The Hall–Kier alpha value is -2.64. The fraction of sp³-hybridized carbons (Fsp3) is 0.652. The maximum Gasteiger partial charge on any atom is 0.411 e. The summed E-state index contributed by atoms with van der Waals surface area (Å²) in [4.78, 5) is 36.8. The number of hydrogen-bond donors (Lipinski definition) is 1. The second-order valence-electron chi connectivity index (χ2n) is 9.61. The molecule has 0 spiro atoms. The van der Waals surface area contributed by atoms with Gasteiger partial charge in [-0.05, 0) is 51.0 Å². The molecule has 0 bridgehead atoms. The average molecular weight is 435 g/mol. The molecule has 31 heavy (non-hydrogen) atoms.